The van der Waals surface area contributed by atoms with Gasteiger partial charge in [-0.25, -0.2) is 0 Å². The van der Waals surface area contributed by atoms with Crippen LogP contribution in [-0.2, 0) is 11.2 Å². The van der Waals surface area contributed by atoms with E-state index in [4.69, 9.17) is 0 Å². The highest BCUT2D eigenvalue weighted by atomic mass is 16.1. The van der Waals surface area contributed by atoms with Crippen molar-refractivity contribution < 1.29 is 4.79 Å². The van der Waals surface area contributed by atoms with Crippen molar-refractivity contribution in [1.29, 1.82) is 0 Å². The van der Waals surface area contributed by atoms with Gasteiger partial charge in [0.2, 0.25) is 5.91 Å². The Morgan fingerprint density at radius 2 is 1.89 bits per heavy atom. The van der Waals surface area contributed by atoms with Crippen LogP contribution in [0, 0.1) is 5.92 Å². The van der Waals surface area contributed by atoms with Crippen LogP contribution in [0.3, 0.4) is 0 Å². The highest BCUT2D eigenvalue weighted by Gasteiger charge is 2.17. The summed E-state index contributed by atoms with van der Waals surface area (Å²) in [5.41, 5.74) is 1.35. The average Bonchev–Trinajstić information content (AvgIpc) is 2.89. The van der Waals surface area contributed by atoms with Gasteiger partial charge in [0.05, 0.1) is 0 Å². The molecule has 1 saturated carbocycles. The second kappa shape index (κ2) is 7.20. The molecule has 0 saturated heterocycles. The lowest BCUT2D eigenvalue weighted by atomic mass is 10.0. The van der Waals surface area contributed by atoms with Crippen LogP contribution < -0.4 is 5.32 Å². The minimum atomic E-state index is 0.245. The number of hydrogen-bond acceptors (Lipinski definition) is 1. The fourth-order valence-electron chi connectivity index (χ4n) is 2.71. The van der Waals surface area contributed by atoms with Crippen LogP contribution in [0.5, 0.6) is 0 Å². The normalized spacial score (nSPS) is 15.8. The van der Waals surface area contributed by atoms with Gasteiger partial charge in [0, 0.05) is 13.0 Å². The molecule has 1 aromatic carbocycles. The first-order valence-electron chi connectivity index (χ1n) is 7.15. The summed E-state index contributed by atoms with van der Waals surface area (Å²) in [6.07, 6.45) is 7.93. The number of nitrogens with one attached hydrogen (secondary N) is 1. The number of benzene rings is 1. The minimum Gasteiger partial charge on any atom is -0.356 e. The van der Waals surface area contributed by atoms with Crippen LogP contribution in [0.1, 0.15) is 44.1 Å². The Morgan fingerprint density at radius 1 is 1.17 bits per heavy atom. The Hall–Kier alpha value is -1.31. The van der Waals surface area contributed by atoms with E-state index in [9.17, 15) is 4.79 Å². The lowest BCUT2D eigenvalue weighted by molar-refractivity contribution is -0.121. The molecule has 1 aromatic rings. The molecule has 98 valence electrons. The number of carbonyl (C=O) groups is 1. The Bertz CT molecular complexity index is 355. The number of rotatable bonds is 6. The smallest absolute Gasteiger partial charge is 0.220 e. The lowest BCUT2D eigenvalue weighted by Gasteiger charge is -2.09. The summed E-state index contributed by atoms with van der Waals surface area (Å²) in [4.78, 5) is 11.7. The monoisotopic (exact) mass is 245 g/mol. The first kappa shape index (κ1) is 13.1. The van der Waals surface area contributed by atoms with E-state index in [0.717, 1.165) is 25.8 Å². The van der Waals surface area contributed by atoms with E-state index in [1.54, 1.807) is 0 Å². The van der Waals surface area contributed by atoms with Gasteiger partial charge in [0.25, 0.3) is 0 Å². The van der Waals surface area contributed by atoms with Crippen molar-refractivity contribution in [2.45, 2.75) is 44.9 Å². The van der Waals surface area contributed by atoms with Crippen LogP contribution in [0.2, 0.25) is 0 Å². The summed E-state index contributed by atoms with van der Waals surface area (Å²) in [7, 11) is 0. The Balaban J connectivity index is 1.56. The summed E-state index contributed by atoms with van der Waals surface area (Å²) in [5.74, 6) is 0.897. The largest absolute Gasteiger partial charge is 0.356 e. The van der Waals surface area contributed by atoms with Gasteiger partial charge < -0.3 is 5.32 Å². The molecule has 18 heavy (non-hydrogen) atoms. The molecule has 0 aromatic heterocycles. The van der Waals surface area contributed by atoms with Crippen molar-refractivity contribution in [3.8, 4) is 0 Å². The number of hydrogen-bond donors (Lipinski definition) is 1. The molecule has 0 bridgehead atoms. The van der Waals surface area contributed by atoms with Crippen molar-refractivity contribution >= 4 is 5.91 Å². The van der Waals surface area contributed by atoms with Crippen LogP contribution in [0.4, 0.5) is 0 Å². The molecule has 2 nitrogen and oxygen atoms in total. The van der Waals surface area contributed by atoms with Gasteiger partial charge in [-0.1, -0.05) is 43.2 Å². The summed E-state index contributed by atoms with van der Waals surface area (Å²) >= 11 is 0. The molecule has 1 fully saturated rings. The maximum Gasteiger partial charge on any atom is 0.220 e. The topological polar surface area (TPSA) is 29.1 Å². The highest BCUT2D eigenvalue weighted by Crippen LogP contribution is 2.27. The first-order chi connectivity index (χ1) is 8.84. The molecular formula is C16H23NO. The zero-order chi connectivity index (χ0) is 12.6. The van der Waals surface area contributed by atoms with Crippen LogP contribution in [0.15, 0.2) is 30.3 Å². The van der Waals surface area contributed by atoms with E-state index >= 15 is 0 Å². The third kappa shape index (κ3) is 4.52. The molecule has 2 rings (SSSR count). The molecule has 0 unspecified atom stereocenters. The molecular weight excluding hydrogens is 222 g/mol. The van der Waals surface area contributed by atoms with Gasteiger partial charge in [0.1, 0.15) is 0 Å². The number of aryl methyl sites for hydroxylation is 1. The van der Waals surface area contributed by atoms with Crippen molar-refractivity contribution in [3.05, 3.63) is 35.9 Å². The van der Waals surface area contributed by atoms with E-state index in [-0.39, 0.29) is 5.91 Å². The lowest BCUT2D eigenvalue weighted by Crippen LogP contribution is -2.26. The molecule has 1 amide bonds. The Kier molecular flexibility index (Phi) is 5.25. The third-order valence-electron chi connectivity index (χ3n) is 3.76. The molecule has 1 N–H and O–H groups in total. The molecule has 1 aliphatic carbocycles. The van der Waals surface area contributed by atoms with E-state index < -0.39 is 0 Å². The molecule has 1 aliphatic rings. The quantitative estimate of drug-likeness (QED) is 0.765. The van der Waals surface area contributed by atoms with Crippen molar-refractivity contribution in [2.75, 3.05) is 6.54 Å². The van der Waals surface area contributed by atoms with E-state index in [0.29, 0.717) is 5.92 Å². The minimum absolute atomic E-state index is 0.245. The van der Waals surface area contributed by atoms with Gasteiger partial charge in [-0.05, 0) is 37.2 Å². The SMILES string of the molecule is O=C(CC1CCCC1)NCCCc1ccccc1. The number of carbonyl (C=O) groups excluding carboxylic acids is 1. The highest BCUT2D eigenvalue weighted by molar-refractivity contribution is 5.76. The average molecular weight is 245 g/mol. The first-order valence-corrected chi connectivity index (χ1v) is 7.15. The van der Waals surface area contributed by atoms with Crippen LogP contribution in [0.25, 0.3) is 0 Å². The van der Waals surface area contributed by atoms with Crippen molar-refractivity contribution in [2.24, 2.45) is 5.92 Å². The van der Waals surface area contributed by atoms with Gasteiger partial charge in [0.15, 0.2) is 0 Å². The second-order valence-electron chi connectivity index (χ2n) is 5.29. The molecule has 0 heterocycles. The zero-order valence-corrected chi connectivity index (χ0v) is 11.0. The molecule has 0 spiro atoms. The van der Waals surface area contributed by atoms with E-state index in [1.807, 2.05) is 6.07 Å². The second-order valence-corrected chi connectivity index (χ2v) is 5.29. The number of amides is 1. The van der Waals surface area contributed by atoms with Gasteiger partial charge >= 0.3 is 0 Å². The molecule has 0 aliphatic heterocycles. The zero-order valence-electron chi connectivity index (χ0n) is 11.0. The molecule has 2 heteroatoms. The molecule has 0 radical (unpaired) electrons. The summed E-state index contributed by atoms with van der Waals surface area (Å²) in [6.45, 7) is 0.806. The van der Waals surface area contributed by atoms with Crippen molar-refractivity contribution in [3.63, 3.8) is 0 Å². The Morgan fingerprint density at radius 3 is 2.61 bits per heavy atom. The summed E-state index contributed by atoms with van der Waals surface area (Å²) < 4.78 is 0. The van der Waals surface area contributed by atoms with Gasteiger partial charge in [-0.2, -0.15) is 0 Å². The van der Waals surface area contributed by atoms with E-state index in [1.165, 1.54) is 31.2 Å². The van der Waals surface area contributed by atoms with Crippen molar-refractivity contribution in [1.82, 2.24) is 5.32 Å². The third-order valence-corrected chi connectivity index (χ3v) is 3.76. The fourth-order valence-corrected chi connectivity index (χ4v) is 2.71. The predicted octanol–water partition coefficient (Wildman–Crippen LogP) is 3.32. The standard InChI is InChI=1S/C16H23NO/c18-16(13-15-9-4-5-10-15)17-12-6-11-14-7-2-1-3-8-14/h1-3,7-8,15H,4-6,9-13H2,(H,17,18). The van der Waals surface area contributed by atoms with E-state index in [2.05, 4.69) is 29.6 Å². The van der Waals surface area contributed by atoms with Gasteiger partial charge in [-0.15, -0.1) is 0 Å². The van der Waals surface area contributed by atoms with Crippen LogP contribution >= 0.6 is 0 Å². The Labute approximate surface area is 110 Å². The van der Waals surface area contributed by atoms with Crippen LogP contribution in [-0.4, -0.2) is 12.5 Å². The fraction of sp³-hybridized carbons (Fsp3) is 0.562. The predicted molar refractivity (Wildman–Crippen MR) is 74.3 cm³/mol. The summed E-state index contributed by atoms with van der Waals surface area (Å²) in [5, 5.41) is 3.04. The van der Waals surface area contributed by atoms with Gasteiger partial charge in [-0.3, -0.25) is 4.79 Å². The molecule has 0 atom stereocenters. The summed E-state index contributed by atoms with van der Waals surface area (Å²) in [6, 6.07) is 10.4. The maximum absolute atomic E-state index is 11.7. The maximum atomic E-state index is 11.7.